The monoisotopic (exact) mass is 366 g/mol. The standard InChI is InChI=1S/C19H18N4O2S/c1-3-22-18(16-5-4-6-17(11-16)23(24)25)13-26-19(22)21-20-12-15-9-7-14(2)8-10-15/h4-13H,3H2,1-2H3/b20-12-,21-19-. The second-order valence-electron chi connectivity index (χ2n) is 5.71. The second-order valence-corrected chi connectivity index (χ2v) is 6.55. The van der Waals surface area contributed by atoms with Gasteiger partial charge in [-0.15, -0.1) is 16.4 Å². The molecule has 3 aromatic rings. The van der Waals surface area contributed by atoms with Crippen molar-refractivity contribution in [1.29, 1.82) is 0 Å². The summed E-state index contributed by atoms with van der Waals surface area (Å²) in [6.45, 7) is 4.74. The number of hydrogen-bond acceptors (Lipinski definition) is 5. The Hall–Kier alpha value is -3.06. The number of hydrogen-bond donors (Lipinski definition) is 0. The van der Waals surface area contributed by atoms with Crippen LogP contribution in [0.1, 0.15) is 18.1 Å². The summed E-state index contributed by atoms with van der Waals surface area (Å²) in [5, 5.41) is 21.5. The molecular formula is C19H18N4O2S. The zero-order chi connectivity index (χ0) is 18.5. The largest absolute Gasteiger partial charge is 0.315 e. The Morgan fingerprint density at radius 1 is 1.23 bits per heavy atom. The van der Waals surface area contributed by atoms with Crippen LogP contribution >= 0.6 is 11.3 Å². The lowest BCUT2D eigenvalue weighted by Crippen LogP contribution is -2.14. The van der Waals surface area contributed by atoms with Crippen molar-refractivity contribution in [1.82, 2.24) is 4.57 Å². The van der Waals surface area contributed by atoms with Crippen LogP contribution in [-0.4, -0.2) is 15.7 Å². The molecule has 1 heterocycles. The molecule has 0 spiro atoms. The maximum Gasteiger partial charge on any atom is 0.270 e. The fourth-order valence-corrected chi connectivity index (χ4v) is 3.45. The van der Waals surface area contributed by atoms with Crippen LogP contribution in [0.5, 0.6) is 0 Å². The zero-order valence-electron chi connectivity index (χ0n) is 14.5. The molecule has 6 nitrogen and oxygen atoms in total. The average molecular weight is 366 g/mol. The highest BCUT2D eigenvalue weighted by Crippen LogP contribution is 2.24. The maximum absolute atomic E-state index is 11.0. The van der Waals surface area contributed by atoms with Crippen molar-refractivity contribution in [3.63, 3.8) is 0 Å². The third kappa shape index (κ3) is 3.94. The summed E-state index contributed by atoms with van der Waals surface area (Å²) < 4.78 is 2.00. The van der Waals surface area contributed by atoms with Crippen LogP contribution in [-0.2, 0) is 6.54 Å². The third-order valence-electron chi connectivity index (χ3n) is 3.89. The van der Waals surface area contributed by atoms with Crippen LogP contribution < -0.4 is 4.80 Å². The van der Waals surface area contributed by atoms with E-state index in [0.717, 1.165) is 21.6 Å². The lowest BCUT2D eigenvalue weighted by Gasteiger charge is -2.05. The van der Waals surface area contributed by atoms with E-state index in [0.29, 0.717) is 6.54 Å². The van der Waals surface area contributed by atoms with Crippen molar-refractivity contribution < 1.29 is 4.92 Å². The maximum atomic E-state index is 11.0. The van der Waals surface area contributed by atoms with E-state index in [1.807, 2.05) is 54.1 Å². The van der Waals surface area contributed by atoms with Gasteiger partial charge in [-0.25, -0.2) is 0 Å². The Kier molecular flexibility index (Phi) is 5.38. The molecule has 0 radical (unpaired) electrons. The minimum atomic E-state index is -0.386. The van der Waals surface area contributed by atoms with Gasteiger partial charge in [0.15, 0.2) is 0 Å². The van der Waals surface area contributed by atoms with Gasteiger partial charge in [0.1, 0.15) is 0 Å². The SMILES string of the molecule is CCn1c(-c2cccc([N+](=O)[O-])c2)cs/c1=N\N=C/c1ccc(C)cc1. The molecule has 7 heteroatoms. The summed E-state index contributed by atoms with van der Waals surface area (Å²) >= 11 is 1.46. The zero-order valence-corrected chi connectivity index (χ0v) is 15.3. The Balaban J connectivity index is 1.94. The second kappa shape index (κ2) is 7.88. The van der Waals surface area contributed by atoms with Gasteiger partial charge in [-0.1, -0.05) is 42.0 Å². The van der Waals surface area contributed by atoms with Crippen LogP contribution in [0.2, 0.25) is 0 Å². The van der Waals surface area contributed by atoms with Crippen molar-refractivity contribution >= 4 is 23.2 Å². The van der Waals surface area contributed by atoms with E-state index < -0.39 is 0 Å². The van der Waals surface area contributed by atoms with E-state index in [-0.39, 0.29) is 10.6 Å². The Morgan fingerprint density at radius 3 is 2.69 bits per heavy atom. The number of non-ortho nitro benzene ring substituents is 1. The predicted molar refractivity (Wildman–Crippen MR) is 104 cm³/mol. The highest BCUT2D eigenvalue weighted by atomic mass is 32.1. The molecule has 0 fully saturated rings. The van der Waals surface area contributed by atoms with Gasteiger partial charge in [0, 0.05) is 29.6 Å². The van der Waals surface area contributed by atoms with E-state index in [2.05, 4.69) is 10.2 Å². The van der Waals surface area contributed by atoms with Crippen molar-refractivity contribution in [2.75, 3.05) is 0 Å². The molecule has 0 saturated heterocycles. The van der Waals surface area contributed by atoms with Crippen LogP contribution in [0.3, 0.4) is 0 Å². The fraction of sp³-hybridized carbons (Fsp3) is 0.158. The molecule has 0 amide bonds. The first-order valence-corrected chi connectivity index (χ1v) is 9.03. The number of nitro groups is 1. The van der Waals surface area contributed by atoms with Gasteiger partial charge in [0.2, 0.25) is 4.80 Å². The predicted octanol–water partition coefficient (Wildman–Crippen LogP) is 4.39. The molecule has 0 aliphatic rings. The first kappa shape index (κ1) is 17.8. The highest BCUT2D eigenvalue weighted by molar-refractivity contribution is 7.07. The summed E-state index contributed by atoms with van der Waals surface area (Å²) in [6, 6.07) is 14.7. The van der Waals surface area contributed by atoms with Gasteiger partial charge in [-0.3, -0.25) is 10.1 Å². The average Bonchev–Trinajstić information content (AvgIpc) is 3.06. The van der Waals surface area contributed by atoms with Crippen molar-refractivity contribution in [2.24, 2.45) is 10.2 Å². The molecule has 3 rings (SSSR count). The molecule has 2 aromatic carbocycles. The molecule has 132 valence electrons. The Bertz CT molecular complexity index is 1020. The smallest absolute Gasteiger partial charge is 0.270 e. The molecule has 0 unspecified atom stereocenters. The molecular weight excluding hydrogens is 348 g/mol. The summed E-state index contributed by atoms with van der Waals surface area (Å²) in [5.74, 6) is 0. The number of aromatic nitrogens is 1. The van der Waals surface area contributed by atoms with E-state index in [1.165, 1.54) is 23.0 Å². The normalized spacial score (nSPS) is 12.0. The molecule has 0 N–H and O–H groups in total. The minimum Gasteiger partial charge on any atom is -0.315 e. The molecule has 0 atom stereocenters. The topological polar surface area (TPSA) is 72.8 Å². The van der Waals surface area contributed by atoms with Gasteiger partial charge in [0.25, 0.3) is 5.69 Å². The third-order valence-corrected chi connectivity index (χ3v) is 4.75. The van der Waals surface area contributed by atoms with E-state index in [9.17, 15) is 10.1 Å². The van der Waals surface area contributed by atoms with Crippen LogP contribution in [0.4, 0.5) is 5.69 Å². The molecule has 0 bridgehead atoms. The van der Waals surface area contributed by atoms with Gasteiger partial charge >= 0.3 is 0 Å². The molecule has 0 saturated carbocycles. The van der Waals surface area contributed by atoms with E-state index in [4.69, 9.17) is 0 Å². The molecule has 1 aromatic heterocycles. The van der Waals surface area contributed by atoms with E-state index >= 15 is 0 Å². The number of nitrogens with zero attached hydrogens (tertiary/aromatic N) is 4. The van der Waals surface area contributed by atoms with Gasteiger partial charge < -0.3 is 4.57 Å². The minimum absolute atomic E-state index is 0.0761. The van der Waals surface area contributed by atoms with Crippen LogP contribution in [0.25, 0.3) is 11.3 Å². The van der Waals surface area contributed by atoms with Gasteiger partial charge in [-0.05, 0) is 19.4 Å². The van der Waals surface area contributed by atoms with Crippen molar-refractivity contribution in [3.05, 3.63) is 80.0 Å². The van der Waals surface area contributed by atoms with E-state index in [1.54, 1.807) is 18.3 Å². The number of benzene rings is 2. The number of aryl methyl sites for hydroxylation is 1. The first-order chi connectivity index (χ1) is 12.6. The Morgan fingerprint density at radius 2 is 2.00 bits per heavy atom. The summed E-state index contributed by atoms with van der Waals surface area (Å²) in [4.78, 5) is 11.4. The van der Waals surface area contributed by atoms with Gasteiger partial charge in [-0.2, -0.15) is 5.10 Å². The van der Waals surface area contributed by atoms with Gasteiger partial charge in [0.05, 0.1) is 16.8 Å². The summed E-state index contributed by atoms with van der Waals surface area (Å²) in [5.41, 5.74) is 3.94. The molecule has 26 heavy (non-hydrogen) atoms. The van der Waals surface area contributed by atoms with Crippen LogP contribution in [0.15, 0.2) is 64.1 Å². The highest BCUT2D eigenvalue weighted by Gasteiger charge is 2.11. The lowest BCUT2D eigenvalue weighted by atomic mass is 10.1. The molecule has 0 aliphatic carbocycles. The number of nitro benzene ring substituents is 1. The van der Waals surface area contributed by atoms with Crippen LogP contribution in [0, 0.1) is 17.0 Å². The first-order valence-electron chi connectivity index (χ1n) is 8.15. The van der Waals surface area contributed by atoms with Crippen molar-refractivity contribution in [2.45, 2.75) is 20.4 Å². The number of rotatable bonds is 5. The number of thiazole rings is 1. The fourth-order valence-electron chi connectivity index (χ4n) is 2.52. The summed E-state index contributed by atoms with van der Waals surface area (Å²) in [7, 11) is 0. The quantitative estimate of drug-likeness (QED) is 0.382. The van der Waals surface area contributed by atoms with Crippen molar-refractivity contribution in [3.8, 4) is 11.3 Å². The Labute approximate surface area is 154 Å². The summed E-state index contributed by atoms with van der Waals surface area (Å²) in [6.07, 6.45) is 1.71. The lowest BCUT2D eigenvalue weighted by molar-refractivity contribution is -0.384. The molecule has 0 aliphatic heterocycles.